The Morgan fingerprint density at radius 3 is 1.96 bits per heavy atom. The van der Waals surface area contributed by atoms with Crippen molar-refractivity contribution in [2.24, 2.45) is 5.11 Å². The Kier molecular flexibility index (Phi) is 13.2. The SMILES string of the molecule is CC(=O)OC[C@H]1O[C@H](OC(C)[C@H](NC(=O)OCC2c3ccccc3-c3ccccc32)C(=O)OCc2ccccc2)[C@H](N=[N+]=[N-])[C@@H](OC(C)=O)[C@H]1OC(C)=O. The molecular formula is C38H40N4O12. The molecule has 1 saturated heterocycles. The number of hydrogen-bond donors (Lipinski definition) is 1. The van der Waals surface area contributed by atoms with Crippen molar-refractivity contribution in [2.45, 2.75) is 83.0 Å². The lowest BCUT2D eigenvalue weighted by Gasteiger charge is -2.44. The first kappa shape index (κ1) is 39.3. The number of rotatable bonds is 14. The fourth-order valence-electron chi connectivity index (χ4n) is 6.42. The smallest absolute Gasteiger partial charge is 0.407 e. The first-order chi connectivity index (χ1) is 26.0. The maximum Gasteiger partial charge on any atom is 0.407 e. The summed E-state index contributed by atoms with van der Waals surface area (Å²) in [4.78, 5) is 66.0. The van der Waals surface area contributed by atoms with Crippen LogP contribution in [0.5, 0.6) is 0 Å². The van der Waals surface area contributed by atoms with E-state index in [0.29, 0.717) is 5.56 Å². The molecule has 0 spiro atoms. The minimum atomic E-state index is -1.60. The van der Waals surface area contributed by atoms with Gasteiger partial charge < -0.3 is 38.5 Å². The van der Waals surface area contributed by atoms with Gasteiger partial charge in [0, 0.05) is 31.6 Å². The lowest BCUT2D eigenvalue weighted by molar-refractivity contribution is -0.284. The number of ether oxygens (including phenoxy) is 7. The molecule has 1 N–H and O–H groups in total. The summed E-state index contributed by atoms with van der Waals surface area (Å²) >= 11 is 0. The van der Waals surface area contributed by atoms with Gasteiger partial charge in [-0.2, -0.15) is 0 Å². The van der Waals surface area contributed by atoms with E-state index in [1.165, 1.54) is 6.92 Å². The second-order valence-electron chi connectivity index (χ2n) is 12.6. The van der Waals surface area contributed by atoms with E-state index in [4.69, 9.17) is 33.2 Å². The average molecular weight is 745 g/mol. The maximum absolute atomic E-state index is 13.7. The number of alkyl carbamates (subject to hydrolysis) is 1. The van der Waals surface area contributed by atoms with E-state index in [2.05, 4.69) is 15.3 Å². The molecule has 16 heteroatoms. The molecule has 1 heterocycles. The van der Waals surface area contributed by atoms with E-state index in [1.54, 1.807) is 30.3 Å². The zero-order valence-electron chi connectivity index (χ0n) is 30.0. The molecule has 0 radical (unpaired) electrons. The van der Waals surface area contributed by atoms with Crippen molar-refractivity contribution in [3.05, 3.63) is 106 Å². The number of carbonyl (C=O) groups is 5. The minimum Gasteiger partial charge on any atom is -0.463 e. The Morgan fingerprint density at radius 2 is 1.37 bits per heavy atom. The summed E-state index contributed by atoms with van der Waals surface area (Å²) in [6.45, 7) is 4.08. The summed E-state index contributed by atoms with van der Waals surface area (Å²) in [5.74, 6) is -3.48. The topological polar surface area (TPSA) is 211 Å². The molecule has 1 unspecified atom stereocenters. The van der Waals surface area contributed by atoms with Crippen LogP contribution >= 0.6 is 0 Å². The van der Waals surface area contributed by atoms with Crippen LogP contribution in [0.25, 0.3) is 21.6 Å². The third-order valence-corrected chi connectivity index (χ3v) is 8.77. The summed E-state index contributed by atoms with van der Waals surface area (Å²) in [7, 11) is 0. The van der Waals surface area contributed by atoms with Crippen LogP contribution in [-0.2, 0) is 58.9 Å². The highest BCUT2D eigenvalue weighted by atomic mass is 16.7. The summed E-state index contributed by atoms with van der Waals surface area (Å²) in [5, 5.41) is 6.26. The van der Waals surface area contributed by atoms with Crippen LogP contribution in [-0.4, -0.2) is 86.0 Å². The van der Waals surface area contributed by atoms with Gasteiger partial charge in [-0.05, 0) is 40.3 Å². The van der Waals surface area contributed by atoms with E-state index in [-0.39, 0.29) is 19.1 Å². The third-order valence-electron chi connectivity index (χ3n) is 8.77. The molecule has 284 valence electrons. The zero-order valence-corrected chi connectivity index (χ0v) is 30.0. The van der Waals surface area contributed by atoms with Crippen molar-refractivity contribution >= 4 is 30.0 Å². The summed E-state index contributed by atoms with van der Waals surface area (Å²) in [5.41, 5.74) is 14.2. The largest absolute Gasteiger partial charge is 0.463 e. The fourth-order valence-corrected chi connectivity index (χ4v) is 6.42. The highest BCUT2D eigenvalue weighted by Gasteiger charge is 2.51. The molecule has 2 aliphatic rings. The third kappa shape index (κ3) is 9.72. The Morgan fingerprint density at radius 1 is 0.778 bits per heavy atom. The van der Waals surface area contributed by atoms with Gasteiger partial charge in [0.2, 0.25) is 0 Å². The lowest BCUT2D eigenvalue weighted by Crippen LogP contribution is -2.62. The quantitative estimate of drug-likeness (QED) is 0.0770. The second-order valence-corrected chi connectivity index (χ2v) is 12.6. The molecule has 1 amide bonds. The Balaban J connectivity index is 1.38. The van der Waals surface area contributed by atoms with Gasteiger partial charge in [-0.1, -0.05) is 84.0 Å². The number of benzene rings is 3. The normalized spacial score (nSPS) is 21.1. The van der Waals surface area contributed by atoms with Crippen molar-refractivity contribution in [3.8, 4) is 11.1 Å². The summed E-state index contributed by atoms with van der Waals surface area (Å²) in [6, 6.07) is 21.4. The number of nitrogens with one attached hydrogen (secondary N) is 1. The first-order valence-corrected chi connectivity index (χ1v) is 17.1. The van der Waals surface area contributed by atoms with Crippen LogP contribution in [0.2, 0.25) is 0 Å². The van der Waals surface area contributed by atoms with Gasteiger partial charge in [-0.15, -0.1) is 0 Å². The van der Waals surface area contributed by atoms with Crippen molar-refractivity contribution in [1.29, 1.82) is 0 Å². The van der Waals surface area contributed by atoms with Crippen molar-refractivity contribution in [2.75, 3.05) is 13.2 Å². The number of nitrogens with zero attached hydrogens (tertiary/aromatic N) is 3. The Labute approximate surface area is 310 Å². The maximum atomic E-state index is 13.7. The van der Waals surface area contributed by atoms with E-state index in [9.17, 15) is 29.5 Å². The van der Waals surface area contributed by atoms with Gasteiger partial charge in [-0.3, -0.25) is 14.4 Å². The predicted octanol–water partition coefficient (Wildman–Crippen LogP) is 4.87. The first-order valence-electron chi connectivity index (χ1n) is 17.1. The van der Waals surface area contributed by atoms with Crippen molar-refractivity contribution in [3.63, 3.8) is 0 Å². The number of fused-ring (bicyclic) bond motifs is 3. The Hall–Kier alpha value is -5.96. The summed E-state index contributed by atoms with van der Waals surface area (Å²) < 4.78 is 39.4. The van der Waals surface area contributed by atoms with E-state index in [0.717, 1.165) is 43.0 Å². The number of hydrogen-bond acceptors (Lipinski definition) is 13. The number of azide groups is 1. The van der Waals surface area contributed by atoms with Gasteiger partial charge >= 0.3 is 30.0 Å². The molecule has 16 nitrogen and oxygen atoms in total. The van der Waals surface area contributed by atoms with Crippen LogP contribution < -0.4 is 5.32 Å². The van der Waals surface area contributed by atoms with Crippen LogP contribution in [0.1, 0.15) is 50.3 Å². The van der Waals surface area contributed by atoms with Crippen LogP contribution in [0.3, 0.4) is 0 Å². The molecule has 1 aliphatic carbocycles. The zero-order chi connectivity index (χ0) is 38.8. The van der Waals surface area contributed by atoms with E-state index >= 15 is 0 Å². The monoisotopic (exact) mass is 744 g/mol. The molecule has 1 fully saturated rings. The summed E-state index contributed by atoms with van der Waals surface area (Å²) in [6.07, 6.45) is -8.00. The fraction of sp³-hybridized carbons (Fsp3) is 0.395. The van der Waals surface area contributed by atoms with Gasteiger partial charge in [0.15, 0.2) is 24.5 Å². The second kappa shape index (κ2) is 18.2. The number of carbonyl (C=O) groups excluding carboxylic acids is 5. The molecule has 5 rings (SSSR count). The standard InChI is InChI=1S/C38H40N4O12/c1-21(51-37-33(41-42-39)35(53-24(4)45)34(52-23(3)44)31(54-37)20-48-22(2)43)32(36(46)49-18-25-12-6-5-7-13-25)40-38(47)50-19-30-28-16-10-8-14-26(28)27-15-9-11-17-29(27)30/h5-17,21,30-35,37H,18-20H2,1-4H3,(H,40,47)/t21?,31-,32+,33-,34+,35-,37+/m1/s1. The van der Waals surface area contributed by atoms with Gasteiger partial charge in [0.1, 0.15) is 32.0 Å². The number of amides is 1. The lowest BCUT2D eigenvalue weighted by atomic mass is 9.96. The highest BCUT2D eigenvalue weighted by Crippen LogP contribution is 2.44. The molecule has 3 aromatic rings. The molecule has 0 bridgehead atoms. The minimum absolute atomic E-state index is 0.0506. The molecule has 0 aromatic heterocycles. The van der Waals surface area contributed by atoms with Crippen LogP contribution in [0.15, 0.2) is 84.0 Å². The van der Waals surface area contributed by atoms with E-state index in [1.807, 2.05) is 48.5 Å². The molecular weight excluding hydrogens is 704 g/mol. The molecule has 1 aliphatic heterocycles. The predicted molar refractivity (Wildman–Crippen MR) is 188 cm³/mol. The Bertz CT molecular complexity index is 1840. The highest BCUT2D eigenvalue weighted by molar-refractivity contribution is 5.82. The molecule has 3 aromatic carbocycles. The molecule has 54 heavy (non-hydrogen) atoms. The van der Waals surface area contributed by atoms with Crippen LogP contribution in [0, 0.1) is 0 Å². The average Bonchev–Trinajstić information content (AvgIpc) is 3.47. The van der Waals surface area contributed by atoms with Crippen molar-refractivity contribution < 1.29 is 57.1 Å². The molecule has 7 atom stereocenters. The van der Waals surface area contributed by atoms with Gasteiger partial charge in [-0.25, -0.2) is 9.59 Å². The molecule has 0 saturated carbocycles. The van der Waals surface area contributed by atoms with Gasteiger partial charge in [0.05, 0.1) is 6.10 Å². The van der Waals surface area contributed by atoms with Crippen molar-refractivity contribution in [1.82, 2.24) is 5.32 Å². The van der Waals surface area contributed by atoms with E-state index < -0.39 is 79.4 Å². The number of esters is 4. The van der Waals surface area contributed by atoms with Crippen LogP contribution in [0.4, 0.5) is 4.79 Å². The van der Waals surface area contributed by atoms with Gasteiger partial charge in [0.25, 0.3) is 0 Å².